The van der Waals surface area contributed by atoms with Gasteiger partial charge in [0.2, 0.25) is 5.91 Å². The number of unbranched alkanes of at least 4 members (excludes halogenated alkanes) is 9. The minimum atomic E-state index is -0.833. The molecule has 3 N–H and O–H groups in total. The van der Waals surface area contributed by atoms with Crippen molar-refractivity contribution in [2.75, 3.05) is 6.61 Å². The summed E-state index contributed by atoms with van der Waals surface area (Å²) in [7, 11) is 0. The SMILES string of the molecule is CCC/C=C/C(O)C(CO)NC(=O)CCCCCCC/C=C\CCCCC. The van der Waals surface area contributed by atoms with E-state index in [-0.39, 0.29) is 12.5 Å². The second-order valence-corrected chi connectivity index (χ2v) is 7.34. The van der Waals surface area contributed by atoms with Crippen molar-refractivity contribution in [2.45, 2.75) is 109 Å². The molecule has 0 aliphatic carbocycles. The van der Waals surface area contributed by atoms with Crippen LogP contribution >= 0.6 is 0 Å². The number of nitrogens with one attached hydrogen (secondary N) is 1. The monoisotopic (exact) mass is 381 g/mol. The van der Waals surface area contributed by atoms with Gasteiger partial charge in [0.05, 0.1) is 18.8 Å². The summed E-state index contributed by atoms with van der Waals surface area (Å²) in [6, 6.07) is -0.616. The third-order valence-electron chi connectivity index (χ3n) is 4.66. The van der Waals surface area contributed by atoms with Gasteiger partial charge in [-0.05, 0) is 38.5 Å². The summed E-state index contributed by atoms with van der Waals surface area (Å²) in [5.74, 6) is -0.0907. The van der Waals surface area contributed by atoms with Crippen molar-refractivity contribution in [2.24, 2.45) is 0 Å². The van der Waals surface area contributed by atoms with Gasteiger partial charge in [-0.25, -0.2) is 0 Å². The van der Waals surface area contributed by atoms with Crippen LogP contribution in [0.4, 0.5) is 0 Å². The van der Waals surface area contributed by atoms with E-state index in [1.165, 1.54) is 38.5 Å². The number of carbonyl (C=O) groups excluding carboxylic acids is 1. The predicted octanol–water partition coefficient (Wildman–Crippen LogP) is 5.05. The molecule has 0 saturated heterocycles. The standard InChI is InChI=1S/C23H43NO3/c1-3-5-7-8-9-10-11-12-13-14-15-17-19-23(27)24-21(20-25)22(26)18-16-6-4-2/h9-10,16,18,21-22,25-26H,3-8,11-15,17,19-20H2,1-2H3,(H,24,27)/b10-9-,18-16+. The molecule has 0 aromatic carbocycles. The highest BCUT2D eigenvalue weighted by Crippen LogP contribution is 2.09. The Hall–Kier alpha value is -1.13. The van der Waals surface area contributed by atoms with E-state index in [1.54, 1.807) is 6.08 Å². The Morgan fingerprint density at radius 2 is 1.48 bits per heavy atom. The molecule has 4 heteroatoms. The van der Waals surface area contributed by atoms with Crippen molar-refractivity contribution >= 4 is 5.91 Å². The summed E-state index contributed by atoms with van der Waals surface area (Å²) in [5.41, 5.74) is 0. The second kappa shape index (κ2) is 19.6. The Morgan fingerprint density at radius 3 is 2.11 bits per heavy atom. The van der Waals surface area contributed by atoms with E-state index < -0.39 is 12.1 Å². The highest BCUT2D eigenvalue weighted by Gasteiger charge is 2.17. The molecule has 0 aliphatic rings. The van der Waals surface area contributed by atoms with Crippen LogP contribution in [0.25, 0.3) is 0 Å². The molecular weight excluding hydrogens is 338 g/mol. The smallest absolute Gasteiger partial charge is 0.220 e. The van der Waals surface area contributed by atoms with Crippen LogP contribution in [0.5, 0.6) is 0 Å². The van der Waals surface area contributed by atoms with Crippen LogP contribution in [0.15, 0.2) is 24.3 Å². The molecule has 0 saturated carbocycles. The van der Waals surface area contributed by atoms with Crippen LogP contribution in [0.1, 0.15) is 97.3 Å². The maximum Gasteiger partial charge on any atom is 0.220 e. The number of aliphatic hydroxyl groups is 2. The van der Waals surface area contributed by atoms with Crippen LogP contribution in [-0.4, -0.2) is 34.9 Å². The average Bonchev–Trinajstić information content (AvgIpc) is 2.67. The van der Waals surface area contributed by atoms with Crippen molar-refractivity contribution in [3.05, 3.63) is 24.3 Å². The lowest BCUT2D eigenvalue weighted by atomic mass is 10.1. The molecule has 0 fully saturated rings. The molecule has 0 rings (SSSR count). The third-order valence-corrected chi connectivity index (χ3v) is 4.66. The van der Waals surface area contributed by atoms with Crippen molar-refractivity contribution in [3.8, 4) is 0 Å². The molecule has 0 spiro atoms. The fourth-order valence-corrected chi connectivity index (χ4v) is 2.88. The van der Waals surface area contributed by atoms with Crippen molar-refractivity contribution in [1.29, 1.82) is 0 Å². The third kappa shape index (κ3) is 16.7. The summed E-state index contributed by atoms with van der Waals surface area (Å²) in [5, 5.41) is 22.1. The van der Waals surface area contributed by atoms with E-state index in [9.17, 15) is 15.0 Å². The van der Waals surface area contributed by atoms with Gasteiger partial charge in [0, 0.05) is 6.42 Å². The summed E-state index contributed by atoms with van der Waals surface area (Å²) in [6.07, 6.45) is 21.5. The maximum absolute atomic E-state index is 12.0. The zero-order valence-corrected chi connectivity index (χ0v) is 17.7. The van der Waals surface area contributed by atoms with Crippen LogP contribution in [0, 0.1) is 0 Å². The van der Waals surface area contributed by atoms with Gasteiger partial charge < -0.3 is 15.5 Å². The molecular formula is C23H43NO3. The minimum Gasteiger partial charge on any atom is -0.394 e. The van der Waals surface area contributed by atoms with Gasteiger partial charge in [0.1, 0.15) is 0 Å². The van der Waals surface area contributed by atoms with Gasteiger partial charge >= 0.3 is 0 Å². The van der Waals surface area contributed by atoms with E-state index in [0.717, 1.165) is 38.5 Å². The zero-order valence-electron chi connectivity index (χ0n) is 17.7. The van der Waals surface area contributed by atoms with Crippen molar-refractivity contribution in [1.82, 2.24) is 5.32 Å². The number of allylic oxidation sites excluding steroid dienone is 3. The summed E-state index contributed by atoms with van der Waals surface area (Å²) in [4.78, 5) is 12.0. The first-order chi connectivity index (χ1) is 13.2. The fourth-order valence-electron chi connectivity index (χ4n) is 2.88. The molecule has 0 radical (unpaired) electrons. The van der Waals surface area contributed by atoms with E-state index in [0.29, 0.717) is 6.42 Å². The van der Waals surface area contributed by atoms with E-state index >= 15 is 0 Å². The predicted molar refractivity (Wildman–Crippen MR) is 115 cm³/mol. The number of hydrogen-bond donors (Lipinski definition) is 3. The first-order valence-electron chi connectivity index (χ1n) is 11.1. The van der Waals surface area contributed by atoms with Gasteiger partial charge in [-0.3, -0.25) is 4.79 Å². The lowest BCUT2D eigenvalue weighted by Crippen LogP contribution is -2.45. The summed E-state index contributed by atoms with van der Waals surface area (Å²) in [6.45, 7) is 4.04. The molecule has 2 unspecified atom stereocenters. The highest BCUT2D eigenvalue weighted by molar-refractivity contribution is 5.76. The van der Waals surface area contributed by atoms with Crippen LogP contribution in [0.2, 0.25) is 0 Å². The minimum absolute atomic E-state index is 0.0907. The van der Waals surface area contributed by atoms with Crippen LogP contribution in [0.3, 0.4) is 0 Å². The van der Waals surface area contributed by atoms with Gasteiger partial charge in [-0.2, -0.15) is 0 Å². The van der Waals surface area contributed by atoms with Gasteiger partial charge in [-0.1, -0.05) is 76.7 Å². The van der Waals surface area contributed by atoms with E-state index in [4.69, 9.17) is 0 Å². The topological polar surface area (TPSA) is 69.6 Å². The molecule has 0 aromatic heterocycles. The lowest BCUT2D eigenvalue weighted by molar-refractivity contribution is -0.123. The molecule has 0 heterocycles. The summed E-state index contributed by atoms with van der Waals surface area (Å²) < 4.78 is 0. The molecule has 158 valence electrons. The molecule has 0 bridgehead atoms. The van der Waals surface area contributed by atoms with Crippen molar-refractivity contribution < 1.29 is 15.0 Å². The number of aliphatic hydroxyl groups excluding tert-OH is 2. The number of hydrogen-bond acceptors (Lipinski definition) is 3. The fraction of sp³-hybridized carbons (Fsp3) is 0.783. The quantitative estimate of drug-likeness (QED) is 0.230. The average molecular weight is 382 g/mol. The summed E-state index contributed by atoms with van der Waals surface area (Å²) >= 11 is 0. The Morgan fingerprint density at radius 1 is 0.852 bits per heavy atom. The Balaban J connectivity index is 3.67. The largest absolute Gasteiger partial charge is 0.394 e. The van der Waals surface area contributed by atoms with Gasteiger partial charge in [-0.15, -0.1) is 0 Å². The number of amides is 1. The highest BCUT2D eigenvalue weighted by atomic mass is 16.3. The second-order valence-electron chi connectivity index (χ2n) is 7.34. The van der Waals surface area contributed by atoms with Crippen molar-refractivity contribution in [3.63, 3.8) is 0 Å². The molecule has 27 heavy (non-hydrogen) atoms. The Labute approximate surface area is 167 Å². The molecule has 0 aromatic rings. The first-order valence-corrected chi connectivity index (χ1v) is 11.1. The maximum atomic E-state index is 12.0. The van der Waals surface area contributed by atoms with E-state index in [1.807, 2.05) is 6.08 Å². The zero-order chi connectivity index (χ0) is 20.2. The number of carbonyl (C=O) groups is 1. The Bertz CT molecular complexity index is 393. The first kappa shape index (κ1) is 25.9. The van der Waals surface area contributed by atoms with Gasteiger partial charge in [0.25, 0.3) is 0 Å². The molecule has 1 amide bonds. The molecule has 0 aliphatic heterocycles. The number of rotatable bonds is 18. The molecule has 2 atom stereocenters. The molecule has 4 nitrogen and oxygen atoms in total. The van der Waals surface area contributed by atoms with Gasteiger partial charge in [0.15, 0.2) is 0 Å². The van der Waals surface area contributed by atoms with E-state index in [2.05, 4.69) is 31.3 Å². The Kier molecular flexibility index (Phi) is 18.8. The van der Waals surface area contributed by atoms with Crippen LogP contribution < -0.4 is 5.32 Å². The lowest BCUT2D eigenvalue weighted by Gasteiger charge is -2.19. The normalized spacial score (nSPS) is 14.1. The van der Waals surface area contributed by atoms with Crippen LogP contribution in [-0.2, 0) is 4.79 Å².